The molecule has 35 heavy (non-hydrogen) atoms. The van der Waals surface area contributed by atoms with Gasteiger partial charge in [-0.3, -0.25) is 4.79 Å². The van der Waals surface area contributed by atoms with Crippen molar-refractivity contribution in [3.63, 3.8) is 0 Å². The summed E-state index contributed by atoms with van der Waals surface area (Å²) < 4.78 is 0. The van der Waals surface area contributed by atoms with Crippen LogP contribution in [0.1, 0.15) is 70.0 Å². The van der Waals surface area contributed by atoms with Crippen LogP contribution >= 0.6 is 11.3 Å². The average Bonchev–Trinajstić information content (AvgIpc) is 3.23. The Hall–Kier alpha value is -2.84. The normalized spacial score (nSPS) is 22.1. The molecule has 1 fully saturated rings. The lowest BCUT2D eigenvalue weighted by Crippen LogP contribution is -2.44. The van der Waals surface area contributed by atoms with Crippen LogP contribution in [0.15, 0.2) is 36.7 Å². The van der Waals surface area contributed by atoms with E-state index >= 15 is 0 Å². The Kier molecular flexibility index (Phi) is 6.49. The predicted octanol–water partition coefficient (Wildman–Crippen LogP) is 6.05. The number of hydrogen-bond acceptors (Lipinski definition) is 7. The summed E-state index contributed by atoms with van der Waals surface area (Å²) in [7, 11) is 0. The molecule has 0 amide bonds. The zero-order valence-electron chi connectivity index (χ0n) is 21.2. The number of carbonyl (C=O) groups is 1. The third kappa shape index (κ3) is 5.38. The topological polar surface area (TPSA) is 108 Å². The van der Waals surface area contributed by atoms with Gasteiger partial charge < -0.3 is 15.5 Å². The van der Waals surface area contributed by atoms with E-state index < -0.39 is 22.9 Å². The molecule has 7 nitrogen and oxygen atoms in total. The highest BCUT2D eigenvalue weighted by molar-refractivity contribution is 7.15. The van der Waals surface area contributed by atoms with Crippen LogP contribution in [0, 0.1) is 18.3 Å². The van der Waals surface area contributed by atoms with Crippen LogP contribution in [0.5, 0.6) is 0 Å². The van der Waals surface area contributed by atoms with Crippen LogP contribution in [0.4, 0.5) is 11.6 Å². The molecule has 4 rings (SSSR count). The molecule has 0 bridgehead atoms. The van der Waals surface area contributed by atoms with Gasteiger partial charge in [-0.05, 0) is 72.4 Å². The summed E-state index contributed by atoms with van der Waals surface area (Å²) in [5.74, 6) is 0.150. The highest BCUT2D eigenvalue weighted by Crippen LogP contribution is 2.50. The summed E-state index contributed by atoms with van der Waals surface area (Å²) >= 11 is 1.42. The maximum atomic E-state index is 11.7. The van der Waals surface area contributed by atoms with Crippen LogP contribution in [0.2, 0.25) is 0 Å². The van der Waals surface area contributed by atoms with Gasteiger partial charge in [-0.25, -0.2) is 15.0 Å². The lowest BCUT2D eigenvalue weighted by atomic mass is 9.63. The monoisotopic (exact) mass is 494 g/mol. The summed E-state index contributed by atoms with van der Waals surface area (Å²) in [5, 5.41) is 25.0. The molecule has 0 radical (unpaired) electrons. The predicted molar refractivity (Wildman–Crippen MR) is 139 cm³/mol. The van der Waals surface area contributed by atoms with E-state index in [1.807, 2.05) is 45.0 Å². The summed E-state index contributed by atoms with van der Waals surface area (Å²) in [5.41, 5.74) is 1.34. The van der Waals surface area contributed by atoms with E-state index in [2.05, 4.69) is 36.1 Å². The molecule has 0 spiro atoms. The molecule has 8 heteroatoms. The number of aromatic nitrogens is 3. The molecule has 2 atom stereocenters. The Morgan fingerprint density at radius 1 is 1.17 bits per heavy atom. The number of hydrogen-bond donors (Lipinski definition) is 3. The Labute approximate surface area is 210 Å². The van der Waals surface area contributed by atoms with Crippen molar-refractivity contribution in [3.8, 4) is 10.6 Å². The van der Waals surface area contributed by atoms with Crippen LogP contribution in [0.3, 0.4) is 0 Å². The number of aliphatic carboxylic acids is 1. The van der Waals surface area contributed by atoms with Crippen molar-refractivity contribution in [2.45, 2.75) is 71.8 Å². The molecule has 0 aromatic carbocycles. The van der Waals surface area contributed by atoms with Crippen molar-refractivity contribution in [3.05, 3.63) is 52.8 Å². The van der Waals surface area contributed by atoms with Crippen LogP contribution in [0.25, 0.3) is 10.6 Å². The van der Waals surface area contributed by atoms with Gasteiger partial charge in [-0.15, -0.1) is 11.3 Å². The van der Waals surface area contributed by atoms with Crippen LogP contribution in [-0.2, 0) is 15.8 Å². The van der Waals surface area contributed by atoms with Crippen molar-refractivity contribution < 1.29 is 15.0 Å². The highest BCUT2D eigenvalue weighted by Gasteiger charge is 2.49. The van der Waals surface area contributed by atoms with E-state index in [1.54, 1.807) is 12.4 Å². The molecular weight excluding hydrogens is 460 g/mol. The maximum Gasteiger partial charge on any atom is 0.307 e. The van der Waals surface area contributed by atoms with Gasteiger partial charge in [0.25, 0.3) is 0 Å². The molecule has 3 aromatic rings. The van der Waals surface area contributed by atoms with Gasteiger partial charge in [-0.1, -0.05) is 34.6 Å². The van der Waals surface area contributed by atoms with Crippen LogP contribution < -0.4 is 5.32 Å². The lowest BCUT2D eigenvalue weighted by molar-refractivity contribution is -0.154. The van der Waals surface area contributed by atoms with Gasteiger partial charge in [0.05, 0.1) is 16.5 Å². The fourth-order valence-corrected chi connectivity index (χ4v) is 5.93. The fourth-order valence-electron chi connectivity index (χ4n) is 4.94. The number of anilines is 2. The lowest BCUT2D eigenvalue weighted by Gasteiger charge is -2.44. The smallest absolute Gasteiger partial charge is 0.307 e. The molecule has 1 aliphatic rings. The van der Waals surface area contributed by atoms with E-state index in [4.69, 9.17) is 4.98 Å². The SMILES string of the molecule is Cc1cc(Nc2cc(C(C)(C)C)ccn2)nc(-c2cnc([C@@]3(O)CC[C@H](C(=O)O)C(C)(C)C3)s2)c1. The summed E-state index contributed by atoms with van der Waals surface area (Å²) in [6.07, 6.45) is 4.71. The van der Waals surface area contributed by atoms with Crippen LogP contribution in [-0.4, -0.2) is 31.1 Å². The molecule has 3 heterocycles. The number of nitrogens with one attached hydrogen (secondary N) is 1. The molecule has 186 valence electrons. The van der Waals surface area contributed by atoms with Crippen molar-refractivity contribution >= 4 is 28.9 Å². The number of rotatable bonds is 5. The van der Waals surface area contributed by atoms with E-state index in [0.29, 0.717) is 30.1 Å². The van der Waals surface area contributed by atoms with Crippen molar-refractivity contribution in [2.24, 2.45) is 11.3 Å². The first kappa shape index (κ1) is 25.3. The average molecular weight is 495 g/mol. The second-order valence-corrected chi connectivity index (χ2v) is 12.4. The van der Waals surface area contributed by atoms with Gasteiger partial charge >= 0.3 is 5.97 Å². The number of pyridine rings is 2. The van der Waals surface area contributed by atoms with Gasteiger partial charge in [0.2, 0.25) is 0 Å². The van der Waals surface area contributed by atoms with Gasteiger partial charge in [0.1, 0.15) is 22.2 Å². The first-order valence-electron chi connectivity index (χ1n) is 11.9. The highest BCUT2D eigenvalue weighted by atomic mass is 32.1. The zero-order valence-corrected chi connectivity index (χ0v) is 22.0. The Morgan fingerprint density at radius 2 is 1.91 bits per heavy atom. The van der Waals surface area contributed by atoms with Crippen molar-refractivity contribution in [1.29, 1.82) is 0 Å². The summed E-state index contributed by atoms with van der Waals surface area (Å²) in [4.78, 5) is 26.3. The fraction of sp³-hybridized carbons (Fsp3) is 0.481. The third-order valence-corrected chi connectivity index (χ3v) is 8.06. The third-order valence-electron chi connectivity index (χ3n) is 6.84. The maximum absolute atomic E-state index is 11.7. The Balaban J connectivity index is 1.59. The molecule has 0 unspecified atom stereocenters. The molecule has 3 N–H and O–H groups in total. The minimum Gasteiger partial charge on any atom is -0.481 e. The van der Waals surface area contributed by atoms with Gasteiger partial charge in [0.15, 0.2) is 0 Å². The first-order valence-corrected chi connectivity index (χ1v) is 12.7. The molecule has 1 aliphatic carbocycles. The summed E-state index contributed by atoms with van der Waals surface area (Å²) in [6, 6.07) is 8.03. The molecule has 0 saturated heterocycles. The number of aryl methyl sites for hydroxylation is 1. The second kappa shape index (κ2) is 8.99. The zero-order chi connectivity index (χ0) is 25.6. The number of thiazole rings is 1. The second-order valence-electron chi connectivity index (χ2n) is 11.4. The molecule has 0 aliphatic heterocycles. The standard InChI is InChI=1S/C27H34N4O3S/c1-16-11-19(30-22(12-16)31-21-13-17(8-10-28-21)25(2,3)4)20-14-29-24(35-20)27(34)9-7-18(23(32)33)26(5,6)15-27/h8,10-14,18,34H,7,9,15H2,1-6H3,(H,32,33)(H,28,30,31)/t18-,27-/m1/s1. The van der Waals surface area contributed by atoms with E-state index in [-0.39, 0.29) is 5.41 Å². The van der Waals surface area contributed by atoms with Gasteiger partial charge in [-0.2, -0.15) is 0 Å². The van der Waals surface area contributed by atoms with E-state index in [0.717, 1.165) is 22.0 Å². The van der Waals surface area contributed by atoms with Crippen molar-refractivity contribution in [2.75, 3.05) is 5.32 Å². The number of carboxylic acids is 1. The Bertz CT molecular complexity index is 1250. The molecule has 1 saturated carbocycles. The minimum absolute atomic E-state index is 0.0159. The number of aliphatic hydroxyl groups is 1. The quantitative estimate of drug-likeness (QED) is 0.396. The van der Waals surface area contributed by atoms with E-state index in [9.17, 15) is 15.0 Å². The van der Waals surface area contributed by atoms with Gasteiger partial charge in [0, 0.05) is 12.4 Å². The minimum atomic E-state index is -1.14. The first-order chi connectivity index (χ1) is 16.3. The summed E-state index contributed by atoms with van der Waals surface area (Å²) in [6.45, 7) is 12.3. The molecule has 3 aromatic heterocycles. The number of nitrogens with zero attached hydrogens (tertiary/aromatic N) is 3. The Morgan fingerprint density at radius 3 is 2.57 bits per heavy atom. The van der Waals surface area contributed by atoms with Crippen molar-refractivity contribution in [1.82, 2.24) is 15.0 Å². The largest absolute Gasteiger partial charge is 0.481 e. The number of carboxylic acid groups (broad SMARTS) is 1. The van der Waals surface area contributed by atoms with E-state index in [1.165, 1.54) is 16.9 Å². The molecular formula is C27H34N4O3S.